The number of nitrogens with one attached hydrogen (secondary N) is 2. The molecule has 0 aliphatic carbocycles. The van der Waals surface area contributed by atoms with Crippen LogP contribution in [-0.2, 0) is 41.7 Å². The number of nitrogens with zero attached hydrogens (tertiary/aromatic N) is 2. The van der Waals surface area contributed by atoms with Gasteiger partial charge in [0.05, 0.1) is 43.0 Å². The van der Waals surface area contributed by atoms with Crippen molar-refractivity contribution < 1.29 is 28.6 Å². The number of thioether (sulfide) groups is 2. The van der Waals surface area contributed by atoms with E-state index in [9.17, 15) is 24.0 Å². The molecule has 0 saturated heterocycles. The van der Waals surface area contributed by atoms with E-state index >= 15 is 0 Å². The maximum absolute atomic E-state index is 13.5. The summed E-state index contributed by atoms with van der Waals surface area (Å²) in [5.74, 6) is -1.98. The largest absolute Gasteiger partial charge is 0.468 e. The fourth-order valence-electron chi connectivity index (χ4n) is 3.43. The van der Waals surface area contributed by atoms with E-state index in [0.717, 1.165) is 23.5 Å². The molecule has 0 fully saturated rings. The third-order valence-corrected chi connectivity index (χ3v) is 7.80. The Morgan fingerprint density at radius 1 is 0.889 bits per heavy atom. The van der Waals surface area contributed by atoms with Crippen molar-refractivity contribution in [2.75, 3.05) is 39.8 Å². The molecule has 0 aromatic carbocycles. The molecule has 2 N–H and O–H groups in total. The van der Waals surface area contributed by atoms with Crippen LogP contribution < -0.4 is 21.8 Å². The van der Waals surface area contributed by atoms with Crippen molar-refractivity contribution in [3.63, 3.8) is 0 Å². The standard InChI is InChI=1S/C22H34N4O8S2/c1-22(2,3)34-19(29)12-8-25-17(27)15(35-10-13(23-4)20(30)32-6)16(18(28)26(25)9-12)36-11-14(24-5)21(31)33-7/h12-14,23-24H,8-11H2,1-7H3. The predicted molar refractivity (Wildman–Crippen MR) is 135 cm³/mol. The first kappa shape index (κ1) is 29.9. The summed E-state index contributed by atoms with van der Waals surface area (Å²) < 4.78 is 17.5. The van der Waals surface area contributed by atoms with Crippen molar-refractivity contribution in [1.82, 2.24) is 20.0 Å². The summed E-state index contributed by atoms with van der Waals surface area (Å²) in [5.41, 5.74) is -1.64. The number of hydrogen-bond donors (Lipinski definition) is 2. The molecule has 2 rings (SSSR count). The summed E-state index contributed by atoms with van der Waals surface area (Å²) in [6.07, 6.45) is 0. The molecule has 0 radical (unpaired) electrons. The molecule has 2 heterocycles. The number of carbonyl (C=O) groups is 3. The van der Waals surface area contributed by atoms with Crippen molar-refractivity contribution in [3.8, 4) is 0 Å². The summed E-state index contributed by atoms with van der Waals surface area (Å²) in [5, 5.41) is 5.66. The van der Waals surface area contributed by atoms with Crippen LogP contribution in [0.1, 0.15) is 20.8 Å². The zero-order valence-corrected chi connectivity index (χ0v) is 23.2. The van der Waals surface area contributed by atoms with Crippen molar-refractivity contribution in [2.45, 2.75) is 61.3 Å². The van der Waals surface area contributed by atoms with Crippen molar-refractivity contribution in [1.29, 1.82) is 0 Å². The normalized spacial score (nSPS) is 16.7. The Morgan fingerprint density at radius 3 is 1.58 bits per heavy atom. The third-order valence-electron chi connectivity index (χ3n) is 5.34. The Bertz CT molecular complexity index is 1020. The number of hydrogen-bond acceptors (Lipinski definition) is 12. The number of fused-ring (bicyclic) bond motifs is 1. The fraction of sp³-hybridized carbons (Fsp3) is 0.682. The van der Waals surface area contributed by atoms with E-state index in [0.29, 0.717) is 0 Å². The van der Waals surface area contributed by atoms with Gasteiger partial charge in [-0.25, -0.2) is 9.36 Å². The quantitative estimate of drug-likeness (QED) is 0.213. The molecule has 1 aliphatic heterocycles. The molecule has 36 heavy (non-hydrogen) atoms. The van der Waals surface area contributed by atoms with E-state index in [1.807, 2.05) is 0 Å². The molecular weight excluding hydrogens is 512 g/mol. The van der Waals surface area contributed by atoms with Gasteiger partial charge in [-0.05, 0) is 34.9 Å². The highest BCUT2D eigenvalue weighted by Gasteiger charge is 2.35. The minimum Gasteiger partial charge on any atom is -0.468 e. The summed E-state index contributed by atoms with van der Waals surface area (Å²) in [6.45, 7) is 5.22. The lowest BCUT2D eigenvalue weighted by Gasteiger charge is -2.21. The monoisotopic (exact) mass is 546 g/mol. The highest BCUT2D eigenvalue weighted by molar-refractivity contribution is 8.02. The highest BCUT2D eigenvalue weighted by Crippen LogP contribution is 2.28. The van der Waals surface area contributed by atoms with Crippen LogP contribution in [0.2, 0.25) is 0 Å². The molecule has 0 spiro atoms. The Hall–Kier alpha value is -2.29. The lowest BCUT2D eigenvalue weighted by Crippen LogP contribution is -2.40. The number of ether oxygens (including phenoxy) is 3. The first-order valence-electron chi connectivity index (χ1n) is 11.2. The Morgan fingerprint density at radius 2 is 1.28 bits per heavy atom. The molecule has 1 aliphatic rings. The van der Waals surface area contributed by atoms with Gasteiger partial charge in [0.15, 0.2) is 0 Å². The van der Waals surface area contributed by atoms with E-state index in [1.165, 1.54) is 23.6 Å². The van der Waals surface area contributed by atoms with Gasteiger partial charge in [0.1, 0.15) is 17.7 Å². The molecular formula is C22H34N4O8S2. The zero-order chi connectivity index (χ0) is 27.2. The first-order chi connectivity index (χ1) is 16.9. The Balaban J connectivity index is 2.47. The van der Waals surface area contributed by atoms with Gasteiger partial charge >= 0.3 is 17.9 Å². The van der Waals surface area contributed by atoms with Crippen LogP contribution in [0.15, 0.2) is 19.4 Å². The number of carbonyl (C=O) groups excluding carboxylic acids is 3. The molecule has 0 amide bonds. The van der Waals surface area contributed by atoms with Crippen molar-refractivity contribution in [3.05, 3.63) is 20.7 Å². The molecule has 2 atom stereocenters. The Kier molecular flexibility index (Phi) is 10.6. The number of likely N-dealkylation sites (N-methyl/N-ethyl adjacent to an activating group) is 2. The van der Waals surface area contributed by atoms with Gasteiger partial charge in [0.2, 0.25) is 0 Å². The van der Waals surface area contributed by atoms with Gasteiger partial charge in [-0.15, -0.1) is 23.5 Å². The Labute approximate surface area is 217 Å². The molecule has 202 valence electrons. The maximum atomic E-state index is 13.5. The lowest BCUT2D eigenvalue weighted by atomic mass is 10.1. The van der Waals surface area contributed by atoms with Gasteiger partial charge in [-0.2, -0.15) is 0 Å². The second-order valence-electron chi connectivity index (χ2n) is 9.01. The predicted octanol–water partition coefficient (Wildman–Crippen LogP) is -0.312. The SMILES string of the molecule is CNC(CSc1c(SCC(NC)C(=O)OC)c(=O)n2n(c1=O)CC(C(=O)OC(C)(C)C)C2)C(=O)OC. The smallest absolute Gasteiger partial charge is 0.323 e. The first-order valence-corrected chi connectivity index (χ1v) is 13.2. The second kappa shape index (κ2) is 12.8. The number of esters is 3. The van der Waals surface area contributed by atoms with Gasteiger partial charge in [0, 0.05) is 11.5 Å². The van der Waals surface area contributed by atoms with E-state index < -0.39 is 52.6 Å². The number of methoxy groups -OCH3 is 2. The molecule has 1 aromatic rings. The van der Waals surface area contributed by atoms with Crippen molar-refractivity contribution in [2.24, 2.45) is 5.92 Å². The maximum Gasteiger partial charge on any atom is 0.323 e. The fourth-order valence-corrected chi connectivity index (χ4v) is 5.95. The van der Waals surface area contributed by atoms with E-state index in [4.69, 9.17) is 14.2 Å². The average molecular weight is 547 g/mol. The topological polar surface area (TPSA) is 147 Å². The molecule has 0 saturated carbocycles. The van der Waals surface area contributed by atoms with Crippen LogP contribution >= 0.6 is 23.5 Å². The summed E-state index contributed by atoms with van der Waals surface area (Å²) in [4.78, 5) is 64.0. The van der Waals surface area contributed by atoms with Gasteiger partial charge < -0.3 is 24.8 Å². The van der Waals surface area contributed by atoms with Gasteiger partial charge in [0.25, 0.3) is 11.1 Å². The van der Waals surface area contributed by atoms with Crippen LogP contribution in [0.4, 0.5) is 0 Å². The van der Waals surface area contributed by atoms with Gasteiger partial charge in [-0.1, -0.05) is 0 Å². The minimum absolute atomic E-state index is 0.00471. The number of rotatable bonds is 11. The van der Waals surface area contributed by atoms with E-state index in [2.05, 4.69) is 10.6 Å². The highest BCUT2D eigenvalue weighted by atomic mass is 32.2. The van der Waals surface area contributed by atoms with Crippen LogP contribution in [-0.4, -0.2) is 84.8 Å². The van der Waals surface area contributed by atoms with Crippen LogP contribution in [0, 0.1) is 5.92 Å². The molecule has 2 unspecified atom stereocenters. The van der Waals surface area contributed by atoms with Crippen molar-refractivity contribution >= 4 is 41.4 Å². The third kappa shape index (κ3) is 7.14. The molecule has 12 nitrogen and oxygen atoms in total. The van der Waals surface area contributed by atoms with Crippen LogP contribution in [0.5, 0.6) is 0 Å². The van der Waals surface area contributed by atoms with Gasteiger partial charge in [-0.3, -0.25) is 24.0 Å². The average Bonchev–Trinajstić information content (AvgIpc) is 3.28. The summed E-state index contributed by atoms with van der Waals surface area (Å²) >= 11 is 2.08. The molecule has 14 heteroatoms. The van der Waals surface area contributed by atoms with Crippen LogP contribution in [0.3, 0.4) is 0 Å². The minimum atomic E-state index is -0.715. The number of aromatic nitrogens is 2. The summed E-state index contributed by atoms with van der Waals surface area (Å²) in [7, 11) is 5.69. The van der Waals surface area contributed by atoms with E-state index in [-0.39, 0.29) is 34.4 Å². The summed E-state index contributed by atoms with van der Waals surface area (Å²) in [6, 6.07) is -1.43. The second-order valence-corrected chi connectivity index (χ2v) is 11.1. The molecule has 1 aromatic heterocycles. The zero-order valence-electron chi connectivity index (χ0n) is 21.5. The molecule has 0 bridgehead atoms. The lowest BCUT2D eigenvalue weighted by molar-refractivity contribution is -0.160. The van der Waals surface area contributed by atoms with E-state index in [1.54, 1.807) is 34.9 Å². The van der Waals surface area contributed by atoms with Crippen LogP contribution in [0.25, 0.3) is 0 Å².